The first-order valence-electron chi connectivity index (χ1n) is 12.8. The molecule has 0 saturated heterocycles. The van der Waals surface area contributed by atoms with Crippen LogP contribution in [-0.2, 0) is 5.41 Å². The quantitative estimate of drug-likeness (QED) is 0.334. The largest absolute Gasteiger partial charge is 0.491 e. The van der Waals surface area contributed by atoms with Gasteiger partial charge in [0.1, 0.15) is 24.7 Å². The highest BCUT2D eigenvalue weighted by molar-refractivity contribution is 5.71. The lowest BCUT2D eigenvalue weighted by atomic mass is 9.60. The summed E-state index contributed by atoms with van der Waals surface area (Å²) in [5, 5.41) is 18.4. The summed E-state index contributed by atoms with van der Waals surface area (Å²) in [4.78, 5) is 0. The Balaban J connectivity index is 1.60. The predicted octanol–water partition coefficient (Wildman–Crippen LogP) is 5.67. The molecule has 2 aliphatic rings. The van der Waals surface area contributed by atoms with Crippen LogP contribution in [0.3, 0.4) is 0 Å². The Morgan fingerprint density at radius 3 is 1.76 bits per heavy atom. The van der Waals surface area contributed by atoms with Gasteiger partial charge in [0.25, 0.3) is 0 Å². The SMILES string of the molecule is OCCOc1ccc(C2(c3ccc(OCCO)cc3)c3ccccc3C3C=Cc4ccccc4C32)cc1. The smallest absolute Gasteiger partial charge is 0.119 e. The second-order valence-corrected chi connectivity index (χ2v) is 9.58. The van der Waals surface area contributed by atoms with E-state index in [0.29, 0.717) is 0 Å². The van der Waals surface area contributed by atoms with Crippen molar-refractivity contribution < 1.29 is 19.7 Å². The third-order valence-electron chi connectivity index (χ3n) is 7.72. The molecular weight excluding hydrogens is 460 g/mol. The van der Waals surface area contributed by atoms with Gasteiger partial charge in [-0.2, -0.15) is 0 Å². The lowest BCUT2D eigenvalue weighted by molar-refractivity contribution is 0.201. The van der Waals surface area contributed by atoms with Crippen molar-refractivity contribution in [3.63, 3.8) is 0 Å². The lowest BCUT2D eigenvalue weighted by Crippen LogP contribution is -2.35. The van der Waals surface area contributed by atoms with Crippen LogP contribution in [-0.4, -0.2) is 36.6 Å². The maximum Gasteiger partial charge on any atom is 0.119 e. The Morgan fingerprint density at radius 2 is 1.16 bits per heavy atom. The Hall–Kier alpha value is -3.86. The first-order valence-corrected chi connectivity index (χ1v) is 12.8. The number of aliphatic hydroxyl groups is 2. The van der Waals surface area contributed by atoms with Crippen molar-refractivity contribution in [2.45, 2.75) is 17.3 Å². The van der Waals surface area contributed by atoms with Gasteiger partial charge in [0.2, 0.25) is 0 Å². The van der Waals surface area contributed by atoms with Crippen LogP contribution in [0.4, 0.5) is 0 Å². The number of fused-ring (bicyclic) bond motifs is 5. The van der Waals surface area contributed by atoms with Crippen LogP contribution in [0.15, 0.2) is 103 Å². The molecule has 4 heteroatoms. The summed E-state index contributed by atoms with van der Waals surface area (Å²) in [6.07, 6.45) is 4.63. The molecule has 0 bridgehead atoms. The fourth-order valence-corrected chi connectivity index (χ4v) is 6.35. The van der Waals surface area contributed by atoms with Gasteiger partial charge in [0.05, 0.1) is 18.6 Å². The van der Waals surface area contributed by atoms with Crippen LogP contribution in [0.2, 0.25) is 0 Å². The molecule has 0 radical (unpaired) electrons. The van der Waals surface area contributed by atoms with Gasteiger partial charge in [-0.25, -0.2) is 0 Å². The van der Waals surface area contributed by atoms with Gasteiger partial charge in [-0.05, 0) is 57.6 Å². The average Bonchev–Trinajstić information content (AvgIpc) is 3.27. The van der Waals surface area contributed by atoms with Crippen LogP contribution in [0.5, 0.6) is 11.5 Å². The van der Waals surface area contributed by atoms with Crippen molar-refractivity contribution in [3.8, 4) is 11.5 Å². The maximum absolute atomic E-state index is 9.20. The van der Waals surface area contributed by atoms with Gasteiger partial charge in [0.15, 0.2) is 0 Å². The zero-order valence-corrected chi connectivity index (χ0v) is 20.6. The Bertz CT molecular complexity index is 1350. The molecule has 0 aliphatic heterocycles. The van der Waals surface area contributed by atoms with Gasteiger partial charge in [-0.1, -0.05) is 84.9 Å². The summed E-state index contributed by atoms with van der Waals surface area (Å²) >= 11 is 0. The minimum atomic E-state index is -0.437. The van der Waals surface area contributed by atoms with Crippen molar-refractivity contribution in [2.24, 2.45) is 0 Å². The number of allylic oxidation sites excluding steroid dienone is 1. The molecule has 4 aromatic rings. The van der Waals surface area contributed by atoms with E-state index in [-0.39, 0.29) is 38.3 Å². The summed E-state index contributed by atoms with van der Waals surface area (Å²) in [6, 6.07) is 34.2. The molecular formula is C33H30O4. The summed E-state index contributed by atoms with van der Waals surface area (Å²) in [7, 11) is 0. The van der Waals surface area contributed by atoms with Gasteiger partial charge in [0, 0.05) is 11.8 Å². The van der Waals surface area contributed by atoms with E-state index in [1.54, 1.807) is 0 Å². The molecule has 2 N–H and O–H groups in total. The normalized spacial score (nSPS) is 18.5. The highest BCUT2D eigenvalue weighted by atomic mass is 16.5. The fraction of sp³-hybridized carbons (Fsp3) is 0.212. The molecule has 2 unspecified atom stereocenters. The fourth-order valence-electron chi connectivity index (χ4n) is 6.35. The number of rotatable bonds is 8. The third kappa shape index (κ3) is 3.85. The van der Waals surface area contributed by atoms with Crippen molar-refractivity contribution in [1.82, 2.24) is 0 Å². The molecule has 4 nitrogen and oxygen atoms in total. The topological polar surface area (TPSA) is 58.9 Å². The summed E-state index contributed by atoms with van der Waals surface area (Å²) < 4.78 is 11.4. The van der Waals surface area contributed by atoms with E-state index >= 15 is 0 Å². The zero-order valence-electron chi connectivity index (χ0n) is 20.6. The second kappa shape index (κ2) is 9.89. The minimum absolute atomic E-state index is 0.0172. The molecule has 0 aromatic heterocycles. The highest BCUT2D eigenvalue weighted by Crippen LogP contribution is 2.64. The van der Waals surface area contributed by atoms with Crippen LogP contribution >= 0.6 is 0 Å². The zero-order chi connectivity index (χ0) is 25.2. The summed E-state index contributed by atoms with van der Waals surface area (Å²) in [6.45, 7) is 0.504. The first kappa shape index (κ1) is 23.5. The van der Waals surface area contributed by atoms with Crippen LogP contribution in [0.25, 0.3) is 6.08 Å². The second-order valence-electron chi connectivity index (χ2n) is 9.58. The standard InChI is InChI=1S/C33H30O4/c34-19-21-36-26-14-10-24(11-15-26)33(25-12-16-27(17-13-25)37-22-20-35)31-8-4-3-7-29(31)30-18-9-23-5-1-2-6-28(23)32(30)33/h1-18,30,32,34-35H,19-22H2. The molecule has 37 heavy (non-hydrogen) atoms. The number of hydrogen-bond donors (Lipinski definition) is 2. The Labute approximate surface area is 217 Å². The Kier molecular flexibility index (Phi) is 6.29. The highest BCUT2D eigenvalue weighted by Gasteiger charge is 2.55. The number of aliphatic hydroxyl groups excluding tert-OH is 2. The van der Waals surface area contributed by atoms with E-state index < -0.39 is 5.41 Å². The van der Waals surface area contributed by atoms with E-state index in [1.165, 1.54) is 33.4 Å². The number of hydrogen-bond acceptors (Lipinski definition) is 4. The van der Waals surface area contributed by atoms with Crippen LogP contribution in [0.1, 0.15) is 45.2 Å². The van der Waals surface area contributed by atoms with Gasteiger partial charge in [-0.15, -0.1) is 0 Å². The van der Waals surface area contributed by atoms with Crippen LogP contribution < -0.4 is 9.47 Å². The first-order chi connectivity index (χ1) is 18.3. The molecule has 0 spiro atoms. The van der Waals surface area contributed by atoms with Gasteiger partial charge < -0.3 is 19.7 Å². The van der Waals surface area contributed by atoms with E-state index in [0.717, 1.165) is 11.5 Å². The van der Waals surface area contributed by atoms with Crippen molar-refractivity contribution in [3.05, 3.63) is 137 Å². The molecule has 0 saturated carbocycles. The molecule has 4 aromatic carbocycles. The predicted molar refractivity (Wildman–Crippen MR) is 145 cm³/mol. The van der Waals surface area contributed by atoms with E-state index in [2.05, 4.69) is 84.9 Å². The van der Waals surface area contributed by atoms with E-state index in [9.17, 15) is 10.2 Å². The minimum Gasteiger partial charge on any atom is -0.491 e. The Morgan fingerprint density at radius 1 is 0.622 bits per heavy atom. The monoisotopic (exact) mass is 490 g/mol. The maximum atomic E-state index is 9.20. The molecule has 0 fully saturated rings. The molecule has 2 aliphatic carbocycles. The van der Waals surface area contributed by atoms with E-state index in [4.69, 9.17) is 9.47 Å². The molecule has 6 rings (SSSR count). The molecule has 0 heterocycles. The lowest BCUT2D eigenvalue weighted by Gasteiger charge is -2.41. The third-order valence-corrected chi connectivity index (χ3v) is 7.72. The average molecular weight is 491 g/mol. The summed E-state index contributed by atoms with van der Waals surface area (Å²) in [5.74, 6) is 1.89. The van der Waals surface area contributed by atoms with E-state index in [1.807, 2.05) is 24.3 Å². The number of ether oxygens (including phenoxy) is 2. The van der Waals surface area contributed by atoms with Gasteiger partial charge >= 0.3 is 0 Å². The molecule has 2 atom stereocenters. The van der Waals surface area contributed by atoms with Crippen LogP contribution in [0, 0.1) is 0 Å². The number of benzene rings is 4. The molecule has 0 amide bonds. The van der Waals surface area contributed by atoms with Crippen molar-refractivity contribution in [1.29, 1.82) is 0 Å². The van der Waals surface area contributed by atoms with Crippen molar-refractivity contribution in [2.75, 3.05) is 26.4 Å². The summed E-state index contributed by atoms with van der Waals surface area (Å²) in [5.41, 5.74) is 7.20. The molecule has 186 valence electrons. The van der Waals surface area contributed by atoms with Gasteiger partial charge in [-0.3, -0.25) is 0 Å². The van der Waals surface area contributed by atoms with Crippen molar-refractivity contribution >= 4 is 6.08 Å².